The van der Waals surface area contributed by atoms with Crippen LogP contribution in [-0.2, 0) is 22.0 Å². The molecule has 1 saturated heterocycles. The van der Waals surface area contributed by atoms with Gasteiger partial charge in [0, 0.05) is 18.0 Å². The topological polar surface area (TPSA) is 50.3 Å². The molecule has 0 bridgehead atoms. The summed E-state index contributed by atoms with van der Waals surface area (Å²) in [4.78, 5) is 4.69. The summed E-state index contributed by atoms with van der Waals surface area (Å²) in [5.41, 5.74) is 1.90. The molecule has 2 aromatic rings. The van der Waals surface area contributed by atoms with Gasteiger partial charge in [-0.25, -0.2) is 8.42 Å². The number of rotatable bonds is 5. The third-order valence-corrected chi connectivity index (χ3v) is 7.74. The number of thioether (sulfide) groups is 1. The highest BCUT2D eigenvalue weighted by Gasteiger charge is 2.34. The molecule has 26 heavy (non-hydrogen) atoms. The summed E-state index contributed by atoms with van der Waals surface area (Å²) in [7, 11) is -3.56. The van der Waals surface area contributed by atoms with E-state index >= 15 is 0 Å². The molecular formula is C20H26N2O2S2. The highest BCUT2D eigenvalue weighted by molar-refractivity contribution is 7.99. The van der Waals surface area contributed by atoms with Crippen LogP contribution in [0.1, 0.15) is 38.4 Å². The second-order valence-electron chi connectivity index (χ2n) is 7.66. The number of aromatic nitrogens is 1. The monoisotopic (exact) mass is 390 g/mol. The Kier molecular flexibility index (Phi) is 5.75. The molecular weight excluding hydrogens is 364 g/mol. The van der Waals surface area contributed by atoms with Gasteiger partial charge in [-0.2, -0.15) is 16.1 Å². The Morgan fingerprint density at radius 1 is 1.15 bits per heavy atom. The van der Waals surface area contributed by atoms with E-state index in [0.717, 1.165) is 29.2 Å². The molecule has 1 aromatic heterocycles. The van der Waals surface area contributed by atoms with Crippen LogP contribution in [0.3, 0.4) is 0 Å². The second-order valence-corrected chi connectivity index (χ2v) is 10.7. The smallest absolute Gasteiger partial charge is 0.243 e. The lowest BCUT2D eigenvalue weighted by Crippen LogP contribution is -2.40. The van der Waals surface area contributed by atoms with Gasteiger partial charge < -0.3 is 0 Å². The van der Waals surface area contributed by atoms with Crippen molar-refractivity contribution in [2.45, 2.75) is 50.1 Å². The summed E-state index contributed by atoms with van der Waals surface area (Å²) >= 11 is 1.81. The van der Waals surface area contributed by atoms with Gasteiger partial charge in [-0.3, -0.25) is 4.98 Å². The minimum Gasteiger partial charge on any atom is -0.260 e. The molecule has 140 valence electrons. The molecule has 0 aliphatic carbocycles. The summed E-state index contributed by atoms with van der Waals surface area (Å²) in [6.07, 6.45) is 2.60. The SMILES string of the molecule is CC(C)(C)c1ccc(S(=O)(=O)N(Cc2ccccn2)C2CCSC2)cc1. The van der Waals surface area contributed by atoms with Crippen molar-refractivity contribution in [1.29, 1.82) is 0 Å². The lowest BCUT2D eigenvalue weighted by atomic mass is 9.87. The van der Waals surface area contributed by atoms with E-state index in [0.29, 0.717) is 11.4 Å². The first-order chi connectivity index (χ1) is 12.3. The van der Waals surface area contributed by atoms with Crippen molar-refractivity contribution in [3.63, 3.8) is 0 Å². The molecule has 3 rings (SSSR count). The van der Waals surface area contributed by atoms with Gasteiger partial charge >= 0.3 is 0 Å². The lowest BCUT2D eigenvalue weighted by molar-refractivity contribution is 0.331. The van der Waals surface area contributed by atoms with E-state index in [1.165, 1.54) is 0 Å². The van der Waals surface area contributed by atoms with E-state index < -0.39 is 10.0 Å². The third-order valence-electron chi connectivity index (χ3n) is 4.68. The second kappa shape index (κ2) is 7.71. The average Bonchev–Trinajstić information content (AvgIpc) is 3.14. The summed E-state index contributed by atoms with van der Waals surface area (Å²) in [6.45, 7) is 6.69. The molecule has 1 aromatic carbocycles. The van der Waals surface area contributed by atoms with Gasteiger partial charge in [0.05, 0.1) is 17.1 Å². The van der Waals surface area contributed by atoms with Gasteiger partial charge in [-0.1, -0.05) is 39.0 Å². The van der Waals surface area contributed by atoms with Crippen molar-refractivity contribution in [3.8, 4) is 0 Å². The number of pyridine rings is 1. The first-order valence-corrected chi connectivity index (χ1v) is 11.5. The fourth-order valence-electron chi connectivity index (χ4n) is 3.07. The van der Waals surface area contributed by atoms with Crippen LogP contribution in [0.15, 0.2) is 53.6 Å². The Labute approximate surface area is 161 Å². The van der Waals surface area contributed by atoms with Gasteiger partial charge in [0.2, 0.25) is 10.0 Å². The maximum absolute atomic E-state index is 13.4. The summed E-state index contributed by atoms with van der Waals surface area (Å²) < 4.78 is 28.4. The van der Waals surface area contributed by atoms with Crippen LogP contribution in [-0.4, -0.2) is 35.3 Å². The molecule has 1 atom stereocenters. The van der Waals surface area contributed by atoms with Crippen molar-refractivity contribution < 1.29 is 8.42 Å². The van der Waals surface area contributed by atoms with E-state index in [9.17, 15) is 8.42 Å². The fraction of sp³-hybridized carbons (Fsp3) is 0.450. The number of sulfonamides is 1. The molecule has 1 fully saturated rings. The summed E-state index contributed by atoms with van der Waals surface area (Å²) in [5, 5.41) is 0. The highest BCUT2D eigenvalue weighted by Crippen LogP contribution is 2.30. The first-order valence-electron chi connectivity index (χ1n) is 8.88. The molecule has 0 spiro atoms. The van der Waals surface area contributed by atoms with Crippen LogP contribution < -0.4 is 0 Å². The fourth-order valence-corrected chi connectivity index (χ4v) is 6.02. The Morgan fingerprint density at radius 3 is 2.42 bits per heavy atom. The first kappa shape index (κ1) is 19.4. The van der Waals surface area contributed by atoms with Crippen LogP contribution in [0.2, 0.25) is 0 Å². The van der Waals surface area contributed by atoms with Crippen LogP contribution in [0.5, 0.6) is 0 Å². The van der Waals surface area contributed by atoms with Crippen molar-refractivity contribution in [2.24, 2.45) is 0 Å². The molecule has 4 nitrogen and oxygen atoms in total. The van der Waals surface area contributed by atoms with E-state index in [1.807, 2.05) is 42.1 Å². The Bertz CT molecular complexity index is 822. The normalized spacial score (nSPS) is 18.4. The Hall–Kier alpha value is -1.37. The molecule has 2 heterocycles. The molecule has 0 amide bonds. The zero-order chi connectivity index (χ0) is 18.8. The van der Waals surface area contributed by atoms with Crippen LogP contribution >= 0.6 is 11.8 Å². The zero-order valence-electron chi connectivity index (χ0n) is 15.6. The number of hydrogen-bond donors (Lipinski definition) is 0. The Morgan fingerprint density at radius 2 is 1.88 bits per heavy atom. The molecule has 0 radical (unpaired) electrons. The van der Waals surface area contributed by atoms with Gasteiger partial charge in [0.15, 0.2) is 0 Å². The maximum atomic E-state index is 13.4. The van der Waals surface area contributed by atoms with Crippen LogP contribution in [0.25, 0.3) is 0 Å². The van der Waals surface area contributed by atoms with Crippen molar-refractivity contribution in [3.05, 3.63) is 59.9 Å². The van der Waals surface area contributed by atoms with Gasteiger partial charge in [-0.15, -0.1) is 0 Å². The number of nitrogens with zero attached hydrogens (tertiary/aromatic N) is 2. The van der Waals surface area contributed by atoms with Gasteiger partial charge in [-0.05, 0) is 47.4 Å². The van der Waals surface area contributed by atoms with E-state index in [-0.39, 0.29) is 11.5 Å². The van der Waals surface area contributed by atoms with Crippen LogP contribution in [0.4, 0.5) is 0 Å². The minimum absolute atomic E-state index is 0.00195. The van der Waals surface area contributed by atoms with E-state index in [2.05, 4.69) is 25.8 Å². The van der Waals surface area contributed by atoms with Crippen molar-refractivity contribution >= 4 is 21.8 Å². The summed E-state index contributed by atoms with van der Waals surface area (Å²) in [5.74, 6) is 1.84. The Balaban J connectivity index is 1.93. The number of hydrogen-bond acceptors (Lipinski definition) is 4. The molecule has 6 heteroatoms. The van der Waals surface area contributed by atoms with Crippen LogP contribution in [0, 0.1) is 0 Å². The number of benzene rings is 1. The van der Waals surface area contributed by atoms with Crippen molar-refractivity contribution in [2.75, 3.05) is 11.5 Å². The van der Waals surface area contributed by atoms with Gasteiger partial charge in [0.1, 0.15) is 0 Å². The standard InChI is InChI=1S/C20H26N2O2S2/c1-20(2,3)16-7-9-19(10-8-16)26(23,24)22(18-11-13-25-15-18)14-17-6-4-5-12-21-17/h4-10,12,18H,11,13-15H2,1-3H3. The largest absolute Gasteiger partial charge is 0.260 e. The highest BCUT2D eigenvalue weighted by atomic mass is 32.2. The van der Waals surface area contributed by atoms with Gasteiger partial charge in [0.25, 0.3) is 0 Å². The molecule has 0 saturated carbocycles. The predicted octanol–water partition coefficient (Wildman–Crippen LogP) is 4.08. The minimum atomic E-state index is -3.56. The average molecular weight is 391 g/mol. The maximum Gasteiger partial charge on any atom is 0.243 e. The third kappa shape index (κ3) is 4.30. The van der Waals surface area contributed by atoms with E-state index in [1.54, 1.807) is 22.6 Å². The van der Waals surface area contributed by atoms with Crippen molar-refractivity contribution in [1.82, 2.24) is 9.29 Å². The van der Waals surface area contributed by atoms with E-state index in [4.69, 9.17) is 0 Å². The molecule has 0 N–H and O–H groups in total. The zero-order valence-corrected chi connectivity index (χ0v) is 17.2. The lowest BCUT2D eigenvalue weighted by Gasteiger charge is -2.28. The molecule has 1 aliphatic heterocycles. The molecule has 1 aliphatic rings. The molecule has 1 unspecified atom stereocenters. The predicted molar refractivity (Wildman–Crippen MR) is 108 cm³/mol. The summed E-state index contributed by atoms with van der Waals surface area (Å²) in [6, 6.07) is 13.0. The quantitative estimate of drug-likeness (QED) is 0.772.